The summed E-state index contributed by atoms with van der Waals surface area (Å²) in [4.78, 5) is 28.2. The van der Waals surface area contributed by atoms with E-state index in [1.54, 1.807) is 30.6 Å². The molecule has 0 spiro atoms. The molecular weight excluding hydrogens is 400 g/mol. The van der Waals surface area contributed by atoms with E-state index in [4.69, 9.17) is 16.0 Å². The smallest absolute Gasteiger partial charge is 0.309 e. The molecule has 2 aromatic heterocycles. The average Bonchev–Trinajstić information content (AvgIpc) is 3.27. The van der Waals surface area contributed by atoms with Crippen LogP contribution in [0.3, 0.4) is 0 Å². The summed E-state index contributed by atoms with van der Waals surface area (Å²) in [7, 11) is 0. The first kappa shape index (κ1) is 19.2. The number of carboxylic acid groups (broad SMARTS) is 1. The van der Waals surface area contributed by atoms with Crippen LogP contribution in [-0.4, -0.2) is 37.0 Å². The van der Waals surface area contributed by atoms with Crippen molar-refractivity contribution in [3.8, 4) is 11.3 Å². The second-order valence-electron chi connectivity index (χ2n) is 6.89. The number of hydrogen-bond donors (Lipinski definition) is 1. The summed E-state index contributed by atoms with van der Waals surface area (Å²) in [5.74, 6) is 0.529. The number of aromatic nitrogens is 2. The molecule has 0 radical (unpaired) electrons. The van der Waals surface area contributed by atoms with Gasteiger partial charge in [-0.1, -0.05) is 11.6 Å². The van der Waals surface area contributed by atoms with Gasteiger partial charge in [0.05, 0.1) is 29.0 Å². The molecule has 10 heteroatoms. The van der Waals surface area contributed by atoms with Crippen LogP contribution >= 0.6 is 11.6 Å². The van der Waals surface area contributed by atoms with Gasteiger partial charge in [0.15, 0.2) is 0 Å². The lowest BCUT2D eigenvalue weighted by molar-refractivity contribution is -0.384. The van der Waals surface area contributed by atoms with Crippen molar-refractivity contribution in [1.29, 1.82) is 0 Å². The number of carboxylic acids is 1. The van der Waals surface area contributed by atoms with Crippen molar-refractivity contribution in [3.63, 3.8) is 0 Å². The molecule has 1 aliphatic heterocycles. The molecule has 3 heterocycles. The van der Waals surface area contributed by atoms with Crippen molar-refractivity contribution >= 4 is 23.3 Å². The molecule has 0 bridgehead atoms. The molecule has 1 unspecified atom stereocenters. The summed E-state index contributed by atoms with van der Waals surface area (Å²) in [6.45, 7) is 1.66. The number of nitro benzene ring substituents is 1. The van der Waals surface area contributed by atoms with Crippen LogP contribution in [0.1, 0.15) is 11.6 Å². The number of carbonyl (C=O) groups is 1. The lowest BCUT2D eigenvalue weighted by Gasteiger charge is -2.20. The van der Waals surface area contributed by atoms with Crippen molar-refractivity contribution in [2.24, 2.45) is 5.92 Å². The number of hydrogen-bond acceptors (Lipinski definition) is 6. The number of aliphatic carboxylic acids is 1. The normalized spacial score (nSPS) is 16.9. The summed E-state index contributed by atoms with van der Waals surface area (Å²) in [5, 5.41) is 20.6. The van der Waals surface area contributed by atoms with Crippen LogP contribution in [0.15, 0.2) is 47.1 Å². The first-order valence-corrected chi connectivity index (χ1v) is 9.26. The van der Waals surface area contributed by atoms with Crippen LogP contribution in [0.2, 0.25) is 5.02 Å². The molecule has 1 N–H and O–H groups in total. The zero-order valence-electron chi connectivity index (χ0n) is 15.2. The molecule has 0 fully saturated rings. The Morgan fingerprint density at radius 2 is 2.17 bits per heavy atom. The van der Waals surface area contributed by atoms with E-state index in [0.717, 1.165) is 5.82 Å². The molecular formula is C19H17ClN4O5. The van der Waals surface area contributed by atoms with Gasteiger partial charge < -0.3 is 14.1 Å². The summed E-state index contributed by atoms with van der Waals surface area (Å²) in [5.41, 5.74) is 0.462. The molecule has 9 nitrogen and oxygen atoms in total. The number of rotatable bonds is 5. The number of fused-ring (bicyclic) bond motifs is 1. The monoisotopic (exact) mass is 416 g/mol. The van der Waals surface area contributed by atoms with Gasteiger partial charge in [0, 0.05) is 43.2 Å². The summed E-state index contributed by atoms with van der Waals surface area (Å²) < 4.78 is 7.75. The highest BCUT2D eigenvalue weighted by molar-refractivity contribution is 6.33. The van der Waals surface area contributed by atoms with E-state index in [0.29, 0.717) is 43.3 Å². The third-order valence-electron chi connectivity index (χ3n) is 4.88. The van der Waals surface area contributed by atoms with E-state index in [-0.39, 0.29) is 10.7 Å². The topological polar surface area (TPSA) is 115 Å². The van der Waals surface area contributed by atoms with Crippen LogP contribution in [-0.2, 0) is 24.4 Å². The highest BCUT2D eigenvalue weighted by Crippen LogP contribution is 2.32. The van der Waals surface area contributed by atoms with Crippen LogP contribution in [0.25, 0.3) is 11.3 Å². The summed E-state index contributed by atoms with van der Waals surface area (Å²) in [6, 6.07) is 7.74. The van der Waals surface area contributed by atoms with Gasteiger partial charge in [0.25, 0.3) is 5.69 Å². The fraction of sp³-hybridized carbons (Fsp3) is 0.263. The van der Waals surface area contributed by atoms with E-state index in [1.807, 2.05) is 9.47 Å². The largest absolute Gasteiger partial charge is 0.481 e. The molecule has 3 aromatic rings. The Kier molecular flexibility index (Phi) is 5.08. The average molecular weight is 417 g/mol. The highest BCUT2D eigenvalue weighted by Gasteiger charge is 2.27. The highest BCUT2D eigenvalue weighted by atomic mass is 35.5. The Balaban J connectivity index is 1.54. The number of furan rings is 1. The van der Waals surface area contributed by atoms with Crippen LogP contribution in [0.5, 0.6) is 0 Å². The minimum atomic E-state index is -0.852. The van der Waals surface area contributed by atoms with Gasteiger partial charge >= 0.3 is 5.97 Å². The number of nitrogens with zero attached hydrogens (tertiary/aromatic N) is 4. The Labute approximate surface area is 170 Å². The molecule has 1 atom stereocenters. The third kappa shape index (κ3) is 4.01. The Morgan fingerprint density at radius 3 is 2.90 bits per heavy atom. The van der Waals surface area contributed by atoms with Crippen LogP contribution in [0.4, 0.5) is 5.69 Å². The second kappa shape index (κ2) is 7.69. The maximum absolute atomic E-state index is 11.6. The number of imidazole rings is 1. The van der Waals surface area contributed by atoms with Crippen molar-refractivity contribution in [1.82, 2.24) is 14.5 Å². The Bertz CT molecular complexity index is 1080. The first-order chi connectivity index (χ1) is 13.9. The lowest BCUT2D eigenvalue weighted by Crippen LogP contribution is -2.31. The van der Waals surface area contributed by atoms with E-state index in [1.165, 1.54) is 12.1 Å². The number of benzene rings is 1. The summed E-state index contributed by atoms with van der Waals surface area (Å²) >= 11 is 6.18. The molecule has 0 saturated carbocycles. The quantitative estimate of drug-likeness (QED) is 0.500. The lowest BCUT2D eigenvalue weighted by atomic mass is 10.1. The van der Waals surface area contributed by atoms with Crippen LogP contribution < -0.4 is 0 Å². The number of non-ortho nitro benzene ring substituents is 1. The molecule has 150 valence electrons. The van der Waals surface area contributed by atoms with E-state index in [9.17, 15) is 20.0 Å². The van der Waals surface area contributed by atoms with E-state index in [2.05, 4.69) is 4.98 Å². The molecule has 0 amide bonds. The van der Waals surface area contributed by atoms with E-state index >= 15 is 0 Å². The van der Waals surface area contributed by atoms with Crippen molar-refractivity contribution in [2.75, 3.05) is 6.54 Å². The van der Waals surface area contributed by atoms with Gasteiger partial charge in [-0.15, -0.1) is 0 Å². The number of nitro groups is 1. The Hall–Kier alpha value is -3.17. The van der Waals surface area contributed by atoms with Crippen LogP contribution in [0, 0.1) is 16.0 Å². The second-order valence-corrected chi connectivity index (χ2v) is 7.30. The maximum atomic E-state index is 11.6. The van der Waals surface area contributed by atoms with Gasteiger partial charge in [0.1, 0.15) is 17.3 Å². The first-order valence-electron chi connectivity index (χ1n) is 8.89. The minimum Gasteiger partial charge on any atom is -0.481 e. The van der Waals surface area contributed by atoms with Crippen molar-refractivity contribution in [3.05, 3.63) is 69.4 Å². The standard InChI is InChI=1S/C19H17ClN4O5/c20-16-7-13(24(27)28)1-3-15(16)17-4-2-14(29-17)10-22-8-12(19(25)26)9-23-6-5-21-18(23)11-22/h1-7,12H,8-11H2,(H,25,26). The Morgan fingerprint density at radius 1 is 1.34 bits per heavy atom. The van der Waals surface area contributed by atoms with Gasteiger partial charge in [-0.25, -0.2) is 4.98 Å². The van der Waals surface area contributed by atoms with Gasteiger partial charge in [-0.3, -0.25) is 19.8 Å². The predicted molar refractivity (Wildman–Crippen MR) is 103 cm³/mol. The van der Waals surface area contributed by atoms with E-state index < -0.39 is 16.8 Å². The molecule has 4 rings (SSSR count). The molecule has 0 aliphatic carbocycles. The third-order valence-corrected chi connectivity index (χ3v) is 5.19. The van der Waals surface area contributed by atoms with Gasteiger partial charge in [-0.2, -0.15) is 0 Å². The minimum absolute atomic E-state index is 0.0923. The SMILES string of the molecule is O=C(O)C1CN(Cc2ccc(-c3ccc([N+](=O)[O-])cc3Cl)o2)Cc2nccn2C1. The zero-order valence-corrected chi connectivity index (χ0v) is 16.0. The van der Waals surface area contributed by atoms with Crippen molar-refractivity contribution in [2.45, 2.75) is 19.6 Å². The molecule has 1 aliphatic rings. The summed E-state index contributed by atoms with van der Waals surface area (Å²) in [6.07, 6.45) is 3.45. The van der Waals surface area contributed by atoms with Gasteiger partial charge in [0.2, 0.25) is 0 Å². The zero-order chi connectivity index (χ0) is 20.5. The fourth-order valence-electron chi connectivity index (χ4n) is 3.45. The molecule has 29 heavy (non-hydrogen) atoms. The molecule has 1 aromatic carbocycles. The van der Waals surface area contributed by atoms with Crippen molar-refractivity contribution < 1.29 is 19.2 Å². The predicted octanol–water partition coefficient (Wildman–Crippen LogP) is 3.42. The molecule has 0 saturated heterocycles. The number of halogens is 1. The maximum Gasteiger partial charge on any atom is 0.309 e. The fourth-order valence-corrected chi connectivity index (χ4v) is 3.72. The van der Waals surface area contributed by atoms with Gasteiger partial charge in [-0.05, 0) is 18.2 Å².